The van der Waals surface area contributed by atoms with Crippen molar-refractivity contribution in [2.75, 3.05) is 0 Å². The van der Waals surface area contributed by atoms with Crippen molar-refractivity contribution in [3.63, 3.8) is 0 Å². The molecule has 0 radical (unpaired) electrons. The minimum atomic E-state index is 0.327. The minimum absolute atomic E-state index is 0.327. The van der Waals surface area contributed by atoms with Gasteiger partial charge in [0.1, 0.15) is 0 Å². The highest BCUT2D eigenvalue weighted by Gasteiger charge is 1.73. The maximum absolute atomic E-state index is 6.93. The molecule has 0 bridgehead atoms. The van der Waals surface area contributed by atoms with Crippen LogP contribution in [0.15, 0.2) is 24.8 Å². The maximum Gasteiger partial charge on any atom is 0.0534 e. The van der Waals surface area contributed by atoms with E-state index in [1.807, 2.05) is 0 Å². The molecule has 0 spiro atoms. The first kappa shape index (κ1) is 6.82. The number of allylic oxidation sites excluding steroid dienone is 3. The lowest BCUT2D eigenvalue weighted by Gasteiger charge is -1.77. The zero-order valence-electron chi connectivity index (χ0n) is 4.52. The topological polar surface area (TPSA) is 47.7 Å². The van der Waals surface area contributed by atoms with E-state index in [2.05, 4.69) is 6.58 Å². The molecule has 0 aliphatic rings. The second-order valence-electron chi connectivity index (χ2n) is 1.19. The zero-order chi connectivity index (χ0) is 6.41. The van der Waals surface area contributed by atoms with Crippen molar-refractivity contribution in [1.82, 2.24) is 0 Å². The summed E-state index contributed by atoms with van der Waals surface area (Å²) in [5, 5.41) is 13.5. The van der Waals surface area contributed by atoms with Crippen molar-refractivity contribution in [1.29, 1.82) is 10.8 Å². The van der Waals surface area contributed by atoms with E-state index in [1.54, 1.807) is 0 Å². The van der Waals surface area contributed by atoms with Crippen LogP contribution in [-0.2, 0) is 0 Å². The van der Waals surface area contributed by atoms with Gasteiger partial charge in [-0.05, 0) is 18.2 Å². The van der Waals surface area contributed by atoms with E-state index in [0.717, 1.165) is 6.21 Å². The van der Waals surface area contributed by atoms with Gasteiger partial charge in [0.15, 0.2) is 0 Å². The summed E-state index contributed by atoms with van der Waals surface area (Å²) in [6.07, 6.45) is 5.52. The van der Waals surface area contributed by atoms with Gasteiger partial charge in [0, 0.05) is 6.21 Å². The van der Waals surface area contributed by atoms with Gasteiger partial charge in [-0.25, -0.2) is 0 Å². The van der Waals surface area contributed by atoms with Crippen LogP contribution >= 0.6 is 0 Å². The lowest BCUT2D eigenvalue weighted by Crippen LogP contribution is -1.79. The molecule has 0 amide bonds. The van der Waals surface area contributed by atoms with E-state index in [-0.39, 0.29) is 0 Å². The molecule has 0 fully saturated rings. The third-order valence-corrected chi connectivity index (χ3v) is 0.592. The first-order chi connectivity index (χ1) is 3.81. The Morgan fingerprint density at radius 3 is 2.50 bits per heavy atom. The molecule has 0 saturated carbocycles. The molecule has 0 aromatic rings. The lowest BCUT2D eigenvalue weighted by atomic mass is 10.3. The van der Waals surface area contributed by atoms with Crippen molar-refractivity contribution in [2.24, 2.45) is 0 Å². The lowest BCUT2D eigenvalue weighted by molar-refractivity contribution is 1.53. The van der Waals surface area contributed by atoms with Crippen molar-refractivity contribution >= 4 is 11.9 Å². The Balaban J connectivity index is 3.69. The second-order valence-corrected chi connectivity index (χ2v) is 1.19. The van der Waals surface area contributed by atoms with Crippen LogP contribution in [0, 0.1) is 10.8 Å². The highest BCUT2D eigenvalue weighted by Crippen LogP contribution is 1.74. The molecular formula is C6H8N2. The quantitative estimate of drug-likeness (QED) is 0.513. The maximum atomic E-state index is 6.93. The van der Waals surface area contributed by atoms with Crippen LogP contribution in [0.1, 0.15) is 0 Å². The first-order valence-corrected chi connectivity index (χ1v) is 2.19. The average molecular weight is 108 g/mol. The van der Waals surface area contributed by atoms with Crippen molar-refractivity contribution in [2.45, 2.75) is 0 Å². The summed E-state index contributed by atoms with van der Waals surface area (Å²) in [7, 11) is 0. The van der Waals surface area contributed by atoms with Gasteiger partial charge in [0.05, 0.1) is 5.71 Å². The van der Waals surface area contributed by atoms with Gasteiger partial charge in [0.25, 0.3) is 0 Å². The van der Waals surface area contributed by atoms with Gasteiger partial charge in [-0.1, -0.05) is 6.58 Å². The molecule has 0 rings (SSSR count). The molecule has 2 heteroatoms. The van der Waals surface area contributed by atoms with Crippen molar-refractivity contribution in [3.8, 4) is 0 Å². The zero-order valence-corrected chi connectivity index (χ0v) is 4.52. The number of hydrogen-bond donors (Lipinski definition) is 2. The molecule has 0 atom stereocenters. The fourth-order valence-electron chi connectivity index (χ4n) is 0.220. The monoisotopic (exact) mass is 108 g/mol. The smallest absolute Gasteiger partial charge is 0.0534 e. The molecule has 0 unspecified atom stereocenters. The highest BCUT2D eigenvalue weighted by molar-refractivity contribution is 6.02. The minimum Gasteiger partial charge on any atom is -0.309 e. The standard InChI is InChI=1S/C6H8N2/c1-2-6(8)4-3-5-7/h2-5,7-8H,1H2/b4-3-,7-5?,8-6?. The van der Waals surface area contributed by atoms with E-state index < -0.39 is 0 Å². The Hall–Kier alpha value is -1.18. The van der Waals surface area contributed by atoms with Crippen LogP contribution < -0.4 is 0 Å². The van der Waals surface area contributed by atoms with Crippen LogP contribution in [-0.4, -0.2) is 11.9 Å². The van der Waals surface area contributed by atoms with E-state index >= 15 is 0 Å². The van der Waals surface area contributed by atoms with Crippen LogP contribution in [0.2, 0.25) is 0 Å². The summed E-state index contributed by atoms with van der Waals surface area (Å²) in [6.45, 7) is 3.36. The molecule has 42 valence electrons. The molecule has 2 N–H and O–H groups in total. The Labute approximate surface area is 48.6 Å². The first-order valence-electron chi connectivity index (χ1n) is 2.19. The molecule has 0 aromatic carbocycles. The number of nitrogens with one attached hydrogen (secondary N) is 2. The molecule has 0 aliphatic carbocycles. The van der Waals surface area contributed by atoms with E-state index in [1.165, 1.54) is 18.2 Å². The van der Waals surface area contributed by atoms with Gasteiger partial charge < -0.3 is 10.8 Å². The van der Waals surface area contributed by atoms with Gasteiger partial charge in [-0.15, -0.1) is 0 Å². The normalized spacial score (nSPS) is 9.00. The Bertz CT molecular complexity index is 133. The predicted octanol–water partition coefficient (Wildman–Crippen LogP) is 1.40. The van der Waals surface area contributed by atoms with Gasteiger partial charge in [-0.2, -0.15) is 0 Å². The molecule has 0 heterocycles. The van der Waals surface area contributed by atoms with Crippen LogP contribution in [0.3, 0.4) is 0 Å². The average Bonchev–Trinajstić information content (AvgIpc) is 1.83. The van der Waals surface area contributed by atoms with E-state index in [4.69, 9.17) is 10.8 Å². The fraction of sp³-hybridized carbons (Fsp3) is 0. The fourth-order valence-corrected chi connectivity index (χ4v) is 0.220. The summed E-state index contributed by atoms with van der Waals surface area (Å²) in [5.41, 5.74) is 0.327. The molecule has 0 saturated heterocycles. The Kier molecular flexibility index (Phi) is 3.40. The summed E-state index contributed by atoms with van der Waals surface area (Å²) in [5.74, 6) is 0. The summed E-state index contributed by atoms with van der Waals surface area (Å²) < 4.78 is 0. The number of rotatable bonds is 3. The molecule has 2 nitrogen and oxygen atoms in total. The third-order valence-electron chi connectivity index (χ3n) is 0.592. The number of hydrogen-bond acceptors (Lipinski definition) is 2. The van der Waals surface area contributed by atoms with E-state index in [9.17, 15) is 0 Å². The Morgan fingerprint density at radius 2 is 2.12 bits per heavy atom. The van der Waals surface area contributed by atoms with Crippen molar-refractivity contribution in [3.05, 3.63) is 24.8 Å². The highest BCUT2D eigenvalue weighted by atomic mass is 14.4. The summed E-state index contributed by atoms with van der Waals surface area (Å²) in [4.78, 5) is 0. The molecular weight excluding hydrogens is 100 g/mol. The largest absolute Gasteiger partial charge is 0.309 e. The van der Waals surface area contributed by atoms with Crippen molar-refractivity contribution < 1.29 is 0 Å². The summed E-state index contributed by atoms with van der Waals surface area (Å²) >= 11 is 0. The van der Waals surface area contributed by atoms with Crippen LogP contribution in [0.4, 0.5) is 0 Å². The van der Waals surface area contributed by atoms with Gasteiger partial charge in [-0.3, -0.25) is 0 Å². The summed E-state index contributed by atoms with van der Waals surface area (Å²) in [6, 6.07) is 0. The predicted molar refractivity (Wildman–Crippen MR) is 35.8 cm³/mol. The van der Waals surface area contributed by atoms with Crippen LogP contribution in [0.25, 0.3) is 0 Å². The third kappa shape index (κ3) is 3.03. The molecule has 0 aromatic heterocycles. The van der Waals surface area contributed by atoms with Gasteiger partial charge in [0.2, 0.25) is 0 Å². The SMILES string of the molecule is C=CC(=N)/C=C\C=N. The van der Waals surface area contributed by atoms with E-state index in [0.29, 0.717) is 5.71 Å². The molecule has 0 aliphatic heterocycles. The van der Waals surface area contributed by atoms with Crippen LogP contribution in [0.5, 0.6) is 0 Å². The Morgan fingerprint density at radius 1 is 1.50 bits per heavy atom. The van der Waals surface area contributed by atoms with Gasteiger partial charge >= 0.3 is 0 Å². The molecule has 8 heavy (non-hydrogen) atoms. The second kappa shape index (κ2) is 3.99.